The van der Waals surface area contributed by atoms with Gasteiger partial charge in [-0.05, 0) is 50.3 Å². The van der Waals surface area contributed by atoms with Crippen LogP contribution in [0.25, 0.3) is 11.8 Å². The second-order valence-electron chi connectivity index (χ2n) is 9.87. The molecule has 0 radical (unpaired) electrons. The summed E-state index contributed by atoms with van der Waals surface area (Å²) in [7, 11) is 1.62. The number of urea groups is 1. The highest BCUT2D eigenvalue weighted by Gasteiger charge is 2.22. The standard InChI is InChI=1S/C29H31FN6O2S/c1-18(38-6)14-22-19(2)31-17-32-27(22)39-21-11-9-10-20(15-21)33-28(37)34-26-16-25(29(3,4)5)35-36(26)24-13-8-7-12-23(24)30/h7-17H,1-6H3,(H2,33,34,37). The van der Waals surface area contributed by atoms with E-state index in [1.165, 1.54) is 28.8 Å². The van der Waals surface area contributed by atoms with Gasteiger partial charge in [-0.15, -0.1) is 0 Å². The minimum Gasteiger partial charge on any atom is -0.501 e. The van der Waals surface area contributed by atoms with Crippen LogP contribution in [0.3, 0.4) is 0 Å². The number of para-hydroxylation sites is 1. The Kier molecular flexibility index (Phi) is 8.35. The van der Waals surface area contributed by atoms with Gasteiger partial charge in [-0.25, -0.2) is 23.8 Å². The Balaban J connectivity index is 1.56. The van der Waals surface area contributed by atoms with Crippen LogP contribution in [0.15, 0.2) is 76.6 Å². The number of aryl methyl sites for hydroxylation is 1. The van der Waals surface area contributed by atoms with Gasteiger partial charge >= 0.3 is 6.03 Å². The molecule has 0 aliphatic carbocycles. The third kappa shape index (κ3) is 6.83. The number of aromatic nitrogens is 4. The monoisotopic (exact) mass is 546 g/mol. The lowest BCUT2D eigenvalue weighted by Crippen LogP contribution is -2.21. The number of anilines is 2. The molecule has 4 aromatic rings. The zero-order valence-corrected chi connectivity index (χ0v) is 23.6. The van der Waals surface area contributed by atoms with Gasteiger partial charge in [-0.2, -0.15) is 5.10 Å². The van der Waals surface area contributed by atoms with E-state index in [1.807, 2.05) is 58.9 Å². The zero-order chi connectivity index (χ0) is 28.2. The van der Waals surface area contributed by atoms with Gasteiger partial charge in [-0.1, -0.05) is 50.7 Å². The van der Waals surface area contributed by atoms with Crippen LogP contribution in [0.1, 0.15) is 44.6 Å². The van der Waals surface area contributed by atoms with Crippen LogP contribution in [0.5, 0.6) is 0 Å². The molecule has 2 heterocycles. The second kappa shape index (κ2) is 11.7. The van der Waals surface area contributed by atoms with Gasteiger partial charge in [0, 0.05) is 33.3 Å². The first-order chi connectivity index (χ1) is 18.5. The molecule has 0 aliphatic rings. The molecule has 0 atom stereocenters. The Morgan fingerprint density at radius 3 is 2.56 bits per heavy atom. The highest BCUT2D eigenvalue weighted by Crippen LogP contribution is 2.32. The molecule has 202 valence electrons. The molecule has 10 heteroatoms. The van der Waals surface area contributed by atoms with Gasteiger partial charge in [0.15, 0.2) is 0 Å². The van der Waals surface area contributed by atoms with E-state index in [0.717, 1.165) is 26.9 Å². The van der Waals surface area contributed by atoms with Crippen molar-refractivity contribution in [1.29, 1.82) is 0 Å². The van der Waals surface area contributed by atoms with E-state index in [9.17, 15) is 9.18 Å². The maximum absolute atomic E-state index is 14.6. The summed E-state index contributed by atoms with van der Waals surface area (Å²) in [6.07, 6.45) is 3.43. The number of nitrogens with one attached hydrogen (secondary N) is 2. The summed E-state index contributed by atoms with van der Waals surface area (Å²) in [4.78, 5) is 22.6. The first-order valence-electron chi connectivity index (χ1n) is 12.3. The number of halogens is 1. The summed E-state index contributed by atoms with van der Waals surface area (Å²) in [5.74, 6) is 0.657. The maximum atomic E-state index is 14.6. The molecule has 8 nitrogen and oxygen atoms in total. The van der Waals surface area contributed by atoms with E-state index in [0.29, 0.717) is 17.2 Å². The number of hydrogen-bond donors (Lipinski definition) is 2. The summed E-state index contributed by atoms with van der Waals surface area (Å²) in [6, 6.07) is 15.0. The number of nitrogens with zero attached hydrogens (tertiary/aromatic N) is 4. The van der Waals surface area contributed by atoms with Crippen LogP contribution >= 0.6 is 11.8 Å². The van der Waals surface area contributed by atoms with Crippen LogP contribution in [0, 0.1) is 12.7 Å². The number of ether oxygens (including phenoxy) is 1. The molecule has 0 saturated heterocycles. The Bertz CT molecular complexity index is 1530. The summed E-state index contributed by atoms with van der Waals surface area (Å²) < 4.78 is 21.3. The highest BCUT2D eigenvalue weighted by molar-refractivity contribution is 7.99. The van der Waals surface area contributed by atoms with Crippen molar-refractivity contribution < 1.29 is 13.9 Å². The molecule has 0 bridgehead atoms. The molecule has 0 spiro atoms. The van der Waals surface area contributed by atoms with E-state index in [1.54, 1.807) is 37.4 Å². The predicted octanol–water partition coefficient (Wildman–Crippen LogP) is 7.21. The smallest absolute Gasteiger partial charge is 0.324 e. The van der Waals surface area contributed by atoms with Crippen molar-refractivity contribution in [3.63, 3.8) is 0 Å². The van der Waals surface area contributed by atoms with Crippen molar-refractivity contribution in [2.45, 2.75) is 50.0 Å². The lowest BCUT2D eigenvalue weighted by Gasteiger charge is -2.14. The van der Waals surface area contributed by atoms with E-state index in [-0.39, 0.29) is 11.1 Å². The SMILES string of the molecule is COC(C)=Cc1c(C)ncnc1Sc1cccc(NC(=O)Nc2cc(C(C)(C)C)nn2-c2ccccc2F)c1. The predicted molar refractivity (Wildman–Crippen MR) is 153 cm³/mol. The number of hydrogen-bond acceptors (Lipinski definition) is 6. The normalized spacial score (nSPS) is 11.8. The number of allylic oxidation sites excluding steroid dienone is 1. The fourth-order valence-corrected chi connectivity index (χ4v) is 4.62. The maximum Gasteiger partial charge on any atom is 0.324 e. The molecule has 4 rings (SSSR count). The molecule has 2 aromatic heterocycles. The fraction of sp³-hybridized carbons (Fsp3) is 0.241. The van der Waals surface area contributed by atoms with Gasteiger partial charge < -0.3 is 10.1 Å². The van der Waals surface area contributed by atoms with Crippen LogP contribution in [-0.4, -0.2) is 32.9 Å². The number of carbonyl (C=O) groups excluding carboxylic acids is 1. The van der Waals surface area contributed by atoms with Crippen LogP contribution in [0.2, 0.25) is 0 Å². The van der Waals surface area contributed by atoms with Gasteiger partial charge in [0.1, 0.15) is 28.7 Å². The van der Waals surface area contributed by atoms with Crippen molar-refractivity contribution in [3.05, 3.63) is 89.5 Å². The van der Waals surface area contributed by atoms with Gasteiger partial charge in [0.05, 0.1) is 18.6 Å². The van der Waals surface area contributed by atoms with Crippen molar-refractivity contribution in [3.8, 4) is 5.69 Å². The van der Waals surface area contributed by atoms with Crippen molar-refractivity contribution >= 4 is 35.4 Å². The summed E-state index contributed by atoms with van der Waals surface area (Å²) >= 11 is 1.45. The van der Waals surface area contributed by atoms with E-state index in [2.05, 4.69) is 25.7 Å². The number of benzene rings is 2. The third-order valence-electron chi connectivity index (χ3n) is 5.82. The van der Waals surface area contributed by atoms with E-state index >= 15 is 0 Å². The Labute approximate surface area is 231 Å². The topological polar surface area (TPSA) is 94.0 Å². The van der Waals surface area contributed by atoms with Crippen molar-refractivity contribution in [2.75, 3.05) is 17.7 Å². The van der Waals surface area contributed by atoms with Crippen molar-refractivity contribution in [1.82, 2.24) is 19.7 Å². The Morgan fingerprint density at radius 1 is 1.08 bits per heavy atom. The first-order valence-corrected chi connectivity index (χ1v) is 13.1. The van der Waals surface area contributed by atoms with Crippen LogP contribution in [0.4, 0.5) is 20.7 Å². The second-order valence-corrected chi connectivity index (χ2v) is 10.9. The third-order valence-corrected chi connectivity index (χ3v) is 6.83. The Morgan fingerprint density at radius 2 is 1.85 bits per heavy atom. The highest BCUT2D eigenvalue weighted by atomic mass is 32.2. The molecule has 2 amide bonds. The average molecular weight is 547 g/mol. The number of amides is 2. The molecular formula is C29H31FN6O2S. The zero-order valence-electron chi connectivity index (χ0n) is 22.7. The molecule has 39 heavy (non-hydrogen) atoms. The molecule has 0 saturated carbocycles. The van der Waals surface area contributed by atoms with E-state index < -0.39 is 11.8 Å². The molecular weight excluding hydrogens is 515 g/mol. The minimum atomic E-state index is -0.479. The fourth-order valence-electron chi connectivity index (χ4n) is 3.64. The lowest BCUT2D eigenvalue weighted by molar-refractivity contribution is 0.262. The van der Waals surface area contributed by atoms with E-state index in [4.69, 9.17) is 4.74 Å². The van der Waals surface area contributed by atoms with Gasteiger partial charge in [-0.3, -0.25) is 5.32 Å². The first kappa shape index (κ1) is 27.8. The Hall–Kier alpha value is -4.18. The minimum absolute atomic E-state index is 0.246. The quantitative estimate of drug-likeness (QED) is 0.188. The molecule has 0 aliphatic heterocycles. The van der Waals surface area contributed by atoms with Gasteiger partial charge in [0.25, 0.3) is 0 Å². The van der Waals surface area contributed by atoms with Crippen LogP contribution in [-0.2, 0) is 10.2 Å². The molecule has 2 N–H and O–H groups in total. The average Bonchev–Trinajstić information content (AvgIpc) is 3.30. The number of rotatable bonds is 7. The molecule has 0 unspecified atom stereocenters. The summed E-state index contributed by atoms with van der Waals surface area (Å²) in [5.41, 5.74) is 2.95. The van der Waals surface area contributed by atoms with Gasteiger partial charge in [0.2, 0.25) is 0 Å². The van der Waals surface area contributed by atoms with Crippen molar-refractivity contribution in [2.24, 2.45) is 0 Å². The number of methoxy groups -OCH3 is 1. The summed E-state index contributed by atoms with van der Waals surface area (Å²) in [5, 5.41) is 11.0. The lowest BCUT2D eigenvalue weighted by atomic mass is 9.92. The summed E-state index contributed by atoms with van der Waals surface area (Å²) in [6.45, 7) is 9.80. The van der Waals surface area contributed by atoms with Crippen LogP contribution < -0.4 is 10.6 Å². The molecule has 2 aromatic carbocycles. The number of carbonyl (C=O) groups is 1. The largest absolute Gasteiger partial charge is 0.501 e. The molecule has 0 fully saturated rings.